The van der Waals surface area contributed by atoms with Gasteiger partial charge in [0.05, 0.1) is 17.4 Å². The van der Waals surface area contributed by atoms with Gasteiger partial charge in [-0.05, 0) is 62.8 Å². The van der Waals surface area contributed by atoms with E-state index in [9.17, 15) is 0 Å². The zero-order valence-electron chi connectivity index (χ0n) is 13.9. The van der Waals surface area contributed by atoms with E-state index >= 15 is 0 Å². The Morgan fingerprint density at radius 2 is 1.83 bits per heavy atom. The van der Waals surface area contributed by atoms with Gasteiger partial charge in [0.15, 0.2) is 0 Å². The molecule has 5 heteroatoms. The highest BCUT2D eigenvalue weighted by Crippen LogP contribution is 2.38. The van der Waals surface area contributed by atoms with Crippen LogP contribution in [0.4, 0.5) is 0 Å². The molecule has 24 heavy (non-hydrogen) atoms. The molecule has 1 aliphatic rings. The summed E-state index contributed by atoms with van der Waals surface area (Å²) in [6.07, 6.45) is 6.60. The Kier molecular flexibility index (Phi) is 2.80. The minimum absolute atomic E-state index is 0.844. The lowest BCUT2D eigenvalue weighted by Gasteiger charge is -2.22. The highest BCUT2D eigenvalue weighted by Gasteiger charge is 2.22. The molecular formula is C19H19N5. The van der Waals surface area contributed by atoms with Crippen LogP contribution in [-0.4, -0.2) is 25.1 Å². The summed E-state index contributed by atoms with van der Waals surface area (Å²) < 4.78 is 0. The molecule has 0 saturated heterocycles. The molecular weight excluding hydrogens is 298 g/mol. The van der Waals surface area contributed by atoms with E-state index in [4.69, 9.17) is 4.98 Å². The molecule has 5 rings (SSSR count). The average molecular weight is 317 g/mol. The maximum absolute atomic E-state index is 4.71. The van der Waals surface area contributed by atoms with E-state index in [0.29, 0.717) is 0 Å². The molecule has 0 amide bonds. The van der Waals surface area contributed by atoms with Crippen molar-refractivity contribution in [3.8, 4) is 11.3 Å². The first-order valence-corrected chi connectivity index (χ1v) is 8.53. The van der Waals surface area contributed by atoms with Gasteiger partial charge in [0.1, 0.15) is 11.3 Å². The first-order chi connectivity index (χ1) is 11.7. The predicted molar refractivity (Wildman–Crippen MR) is 95.1 cm³/mol. The Bertz CT molecular complexity index is 1090. The van der Waals surface area contributed by atoms with Crippen LogP contribution in [0, 0.1) is 13.8 Å². The second kappa shape index (κ2) is 4.90. The third-order valence-corrected chi connectivity index (χ3v) is 5.14. The van der Waals surface area contributed by atoms with Crippen molar-refractivity contribution < 1.29 is 0 Å². The Balaban J connectivity index is 1.93. The maximum Gasteiger partial charge on any atom is 0.126 e. The monoisotopic (exact) mass is 317 g/mol. The van der Waals surface area contributed by atoms with Crippen LogP contribution in [0.5, 0.6) is 0 Å². The van der Waals surface area contributed by atoms with Gasteiger partial charge in [0.25, 0.3) is 0 Å². The number of benzene rings is 1. The lowest BCUT2D eigenvalue weighted by atomic mass is 9.86. The first-order valence-electron chi connectivity index (χ1n) is 8.53. The minimum Gasteiger partial charge on any atom is -0.354 e. The van der Waals surface area contributed by atoms with Gasteiger partial charge in [0.2, 0.25) is 0 Å². The van der Waals surface area contributed by atoms with Crippen molar-refractivity contribution in [2.24, 2.45) is 0 Å². The van der Waals surface area contributed by atoms with Gasteiger partial charge in [0, 0.05) is 22.2 Å². The van der Waals surface area contributed by atoms with Crippen LogP contribution >= 0.6 is 0 Å². The lowest BCUT2D eigenvalue weighted by Crippen LogP contribution is -2.08. The van der Waals surface area contributed by atoms with Crippen LogP contribution in [0.3, 0.4) is 0 Å². The second-order valence-electron chi connectivity index (χ2n) is 6.70. The molecule has 0 bridgehead atoms. The average Bonchev–Trinajstić information content (AvgIpc) is 3.18. The number of hydrogen-bond donors (Lipinski definition) is 2. The van der Waals surface area contributed by atoms with Crippen molar-refractivity contribution >= 4 is 21.9 Å². The van der Waals surface area contributed by atoms with Gasteiger partial charge in [-0.15, -0.1) is 0 Å². The van der Waals surface area contributed by atoms with E-state index in [1.807, 2.05) is 13.1 Å². The molecule has 3 heterocycles. The number of imidazole rings is 1. The Hall–Kier alpha value is -2.69. The predicted octanol–water partition coefficient (Wildman–Crippen LogP) is 4.00. The van der Waals surface area contributed by atoms with Gasteiger partial charge < -0.3 is 4.98 Å². The van der Waals surface area contributed by atoms with Crippen molar-refractivity contribution in [3.63, 3.8) is 0 Å². The second-order valence-corrected chi connectivity index (χ2v) is 6.70. The van der Waals surface area contributed by atoms with Crippen LogP contribution in [-0.2, 0) is 12.8 Å². The zero-order chi connectivity index (χ0) is 16.3. The van der Waals surface area contributed by atoms with E-state index in [2.05, 4.69) is 39.2 Å². The SMILES string of the molecule is Cc1nc2ccc3[nH]c(-c4cn[nH]c4C)c4c(c3c2n1)CCCC4. The molecule has 0 spiro atoms. The summed E-state index contributed by atoms with van der Waals surface area (Å²) in [4.78, 5) is 12.9. The third-order valence-electron chi connectivity index (χ3n) is 5.14. The summed E-state index contributed by atoms with van der Waals surface area (Å²) in [6, 6.07) is 4.20. The van der Waals surface area contributed by atoms with Gasteiger partial charge in [-0.25, -0.2) is 9.97 Å². The van der Waals surface area contributed by atoms with E-state index < -0.39 is 0 Å². The maximum atomic E-state index is 4.71. The Labute approximate surface area is 139 Å². The van der Waals surface area contributed by atoms with Crippen LogP contribution in [0.1, 0.15) is 35.5 Å². The molecule has 0 atom stereocenters. The fraction of sp³-hybridized carbons (Fsp3) is 0.316. The highest BCUT2D eigenvalue weighted by molar-refractivity contribution is 6.06. The number of aryl methyl sites for hydroxylation is 3. The van der Waals surface area contributed by atoms with Crippen molar-refractivity contribution in [3.05, 3.63) is 41.0 Å². The van der Waals surface area contributed by atoms with Gasteiger partial charge in [-0.1, -0.05) is 0 Å². The molecule has 0 fully saturated rings. The number of rotatable bonds is 1. The fourth-order valence-corrected chi connectivity index (χ4v) is 4.05. The topological polar surface area (TPSA) is 70.2 Å². The van der Waals surface area contributed by atoms with Crippen LogP contribution in [0.2, 0.25) is 0 Å². The highest BCUT2D eigenvalue weighted by atomic mass is 15.1. The number of nitrogens with one attached hydrogen (secondary N) is 2. The summed E-state index contributed by atoms with van der Waals surface area (Å²) >= 11 is 0. The van der Waals surface area contributed by atoms with Crippen LogP contribution < -0.4 is 0 Å². The molecule has 2 N–H and O–H groups in total. The largest absolute Gasteiger partial charge is 0.354 e. The smallest absolute Gasteiger partial charge is 0.126 e. The van der Waals surface area contributed by atoms with Gasteiger partial charge in [-0.2, -0.15) is 5.10 Å². The number of aromatic nitrogens is 5. The molecule has 0 radical (unpaired) electrons. The molecule has 4 aromatic rings. The molecule has 0 aliphatic heterocycles. The fourth-order valence-electron chi connectivity index (χ4n) is 4.05. The van der Waals surface area contributed by atoms with Gasteiger partial charge in [-0.3, -0.25) is 5.10 Å². The van der Waals surface area contributed by atoms with E-state index in [-0.39, 0.29) is 0 Å². The summed E-state index contributed by atoms with van der Waals surface area (Å²) in [5, 5.41) is 8.53. The molecule has 3 aromatic heterocycles. The van der Waals surface area contributed by atoms with E-state index in [1.165, 1.54) is 40.6 Å². The standard InChI is InChI=1S/C19H19N5/c1-10-14(9-20-24-10)18-13-6-4-3-5-12(13)17-15(23-18)7-8-16-19(17)22-11(2)21-16/h7-9,23H,3-6H2,1-2H3,(H,20,24). The third kappa shape index (κ3) is 1.84. The summed E-state index contributed by atoms with van der Waals surface area (Å²) in [6.45, 7) is 4.04. The van der Waals surface area contributed by atoms with Crippen molar-refractivity contribution in [1.29, 1.82) is 0 Å². The van der Waals surface area contributed by atoms with Crippen LogP contribution in [0.15, 0.2) is 18.3 Å². The molecule has 0 unspecified atom stereocenters. The molecule has 0 saturated carbocycles. The number of pyridine rings is 1. The quantitative estimate of drug-likeness (QED) is 0.557. The molecule has 1 aliphatic carbocycles. The Morgan fingerprint density at radius 1 is 1.00 bits per heavy atom. The molecule has 5 nitrogen and oxygen atoms in total. The number of hydrogen-bond acceptors (Lipinski definition) is 3. The number of H-pyrrole nitrogens is 2. The first kappa shape index (κ1) is 13.7. The van der Waals surface area contributed by atoms with E-state index in [1.54, 1.807) is 0 Å². The molecule has 1 aromatic carbocycles. The number of aromatic amines is 2. The number of nitrogens with zero attached hydrogens (tertiary/aromatic N) is 3. The van der Waals surface area contributed by atoms with Gasteiger partial charge >= 0.3 is 0 Å². The van der Waals surface area contributed by atoms with E-state index in [0.717, 1.165) is 40.9 Å². The van der Waals surface area contributed by atoms with Crippen molar-refractivity contribution in [2.75, 3.05) is 0 Å². The van der Waals surface area contributed by atoms with Crippen LogP contribution in [0.25, 0.3) is 33.2 Å². The van der Waals surface area contributed by atoms with Crippen molar-refractivity contribution in [2.45, 2.75) is 39.5 Å². The zero-order valence-corrected chi connectivity index (χ0v) is 13.9. The Morgan fingerprint density at radius 3 is 2.62 bits per heavy atom. The summed E-state index contributed by atoms with van der Waals surface area (Å²) in [7, 11) is 0. The molecule has 120 valence electrons. The normalized spacial score (nSPS) is 14.4. The summed E-state index contributed by atoms with van der Waals surface area (Å²) in [5.74, 6) is 0.844. The summed E-state index contributed by atoms with van der Waals surface area (Å²) in [5.41, 5.74) is 9.51. The number of fused-ring (bicyclic) bond motifs is 5. The van der Waals surface area contributed by atoms with Crippen molar-refractivity contribution in [1.82, 2.24) is 25.1 Å². The lowest BCUT2D eigenvalue weighted by molar-refractivity contribution is 0.689. The minimum atomic E-state index is 0.844.